The lowest BCUT2D eigenvalue weighted by Gasteiger charge is -2.23. The highest BCUT2D eigenvalue weighted by atomic mass is 35.5. The van der Waals surface area contributed by atoms with Gasteiger partial charge in [0.05, 0.1) is 25.0 Å². The highest BCUT2D eigenvalue weighted by Gasteiger charge is 2.41. The zero-order chi connectivity index (χ0) is 24.5. The van der Waals surface area contributed by atoms with Crippen molar-refractivity contribution in [2.24, 2.45) is 0 Å². The van der Waals surface area contributed by atoms with Gasteiger partial charge in [-0.05, 0) is 31.8 Å². The number of aliphatic carboxylic acids is 1. The molecule has 1 saturated heterocycles. The molecule has 3 N–H and O–H groups in total. The second-order valence-electron chi connectivity index (χ2n) is 8.27. The first-order chi connectivity index (χ1) is 15.5. The number of halogens is 1. The zero-order valence-corrected chi connectivity index (χ0v) is 19.5. The first-order valence-corrected chi connectivity index (χ1v) is 11.2. The maximum absolute atomic E-state index is 12.5. The Hall–Kier alpha value is -2.20. The van der Waals surface area contributed by atoms with Crippen LogP contribution in [0.1, 0.15) is 52.4 Å². The third kappa shape index (κ3) is 9.29. The van der Waals surface area contributed by atoms with Crippen molar-refractivity contribution in [2.75, 3.05) is 6.61 Å². The molecule has 0 radical (unpaired) electrons. The Morgan fingerprint density at radius 3 is 2.73 bits per heavy atom. The summed E-state index contributed by atoms with van der Waals surface area (Å²) < 4.78 is 16.5. The van der Waals surface area contributed by atoms with Crippen LogP contribution in [0.4, 0.5) is 0 Å². The second kappa shape index (κ2) is 12.9. The molecule has 0 amide bonds. The molecule has 0 aromatic carbocycles. The van der Waals surface area contributed by atoms with Gasteiger partial charge in [-0.25, -0.2) is 0 Å². The lowest BCUT2D eigenvalue weighted by molar-refractivity contribution is -0.156. The summed E-state index contributed by atoms with van der Waals surface area (Å²) in [5.74, 6) is -2.24. The zero-order valence-electron chi connectivity index (χ0n) is 18.7. The summed E-state index contributed by atoms with van der Waals surface area (Å²) >= 11 is 6.30. The Morgan fingerprint density at radius 2 is 2.06 bits per heavy atom. The van der Waals surface area contributed by atoms with E-state index in [1.54, 1.807) is 19.1 Å². The van der Waals surface area contributed by atoms with Gasteiger partial charge in [0.25, 0.3) is 0 Å². The molecule has 2 bridgehead atoms. The van der Waals surface area contributed by atoms with Gasteiger partial charge in [-0.15, -0.1) is 0 Å². The molecule has 0 spiro atoms. The van der Waals surface area contributed by atoms with E-state index in [1.807, 2.05) is 0 Å². The van der Waals surface area contributed by atoms with Gasteiger partial charge in [0.2, 0.25) is 0 Å². The first kappa shape index (κ1) is 27.0. The van der Waals surface area contributed by atoms with Crippen molar-refractivity contribution in [3.8, 4) is 0 Å². The molecular formula is C23H31ClO9. The number of hydrogen-bond donors (Lipinski definition) is 3. The molecule has 5 atom stereocenters. The fraction of sp³-hybridized carbons (Fsp3) is 0.609. The van der Waals surface area contributed by atoms with Gasteiger partial charge < -0.3 is 29.5 Å². The number of carbonyl (C=O) groups excluding carboxylic acids is 2. The number of carboxylic acid groups (broad SMARTS) is 1. The summed E-state index contributed by atoms with van der Waals surface area (Å²) in [4.78, 5) is 34.6. The summed E-state index contributed by atoms with van der Waals surface area (Å²) in [5.41, 5.74) is 0.795. The van der Waals surface area contributed by atoms with Crippen LogP contribution in [0.15, 0.2) is 34.4 Å². The molecule has 2 aliphatic heterocycles. The third-order valence-corrected chi connectivity index (χ3v) is 5.71. The molecular weight excluding hydrogens is 456 g/mol. The van der Waals surface area contributed by atoms with Crippen molar-refractivity contribution in [2.45, 2.75) is 82.9 Å². The molecule has 33 heavy (non-hydrogen) atoms. The minimum atomic E-state index is -1.23. The normalized spacial score (nSPS) is 31.3. The summed E-state index contributed by atoms with van der Waals surface area (Å²) in [6.07, 6.45) is 1.54. The number of esters is 2. The molecule has 9 nitrogen and oxygen atoms in total. The molecule has 0 saturated carbocycles. The molecule has 2 aliphatic rings. The predicted octanol–water partition coefficient (Wildman–Crippen LogP) is 2.38. The molecule has 184 valence electrons. The Labute approximate surface area is 197 Å². The summed E-state index contributed by atoms with van der Waals surface area (Å²) in [5, 5.41) is 30.7. The van der Waals surface area contributed by atoms with Crippen LogP contribution in [0, 0.1) is 0 Å². The average Bonchev–Trinajstić information content (AvgIpc) is 3.09. The van der Waals surface area contributed by atoms with E-state index in [1.165, 1.54) is 13.0 Å². The SMILES string of the molecule is CC(=O)OC/C1=C/C/C=C(/Cl)CC[C@@H]2C[C@@H](OC(=O)C[C@H]1O)[C@@H]([C@H](O)/C=C(\C)CC(=O)O)O2. The molecule has 10 heteroatoms. The van der Waals surface area contributed by atoms with E-state index in [0.29, 0.717) is 41.9 Å². The van der Waals surface area contributed by atoms with Crippen molar-refractivity contribution in [1.29, 1.82) is 0 Å². The van der Waals surface area contributed by atoms with Crippen molar-refractivity contribution in [3.63, 3.8) is 0 Å². The van der Waals surface area contributed by atoms with E-state index >= 15 is 0 Å². The number of aliphatic hydroxyl groups is 2. The minimum Gasteiger partial charge on any atom is -0.481 e. The van der Waals surface area contributed by atoms with E-state index in [-0.39, 0.29) is 25.6 Å². The van der Waals surface area contributed by atoms with Crippen LogP contribution in [-0.2, 0) is 28.6 Å². The van der Waals surface area contributed by atoms with Crippen LogP contribution < -0.4 is 0 Å². The Kier molecular flexibility index (Phi) is 10.6. The third-order valence-electron chi connectivity index (χ3n) is 5.37. The fourth-order valence-corrected chi connectivity index (χ4v) is 3.96. The van der Waals surface area contributed by atoms with Gasteiger partial charge in [-0.3, -0.25) is 14.4 Å². The Morgan fingerprint density at radius 1 is 1.33 bits per heavy atom. The molecule has 0 unspecified atom stereocenters. The topological polar surface area (TPSA) is 140 Å². The number of fused-ring (bicyclic) bond motifs is 2. The molecule has 0 aromatic rings. The van der Waals surface area contributed by atoms with Gasteiger partial charge in [-0.2, -0.15) is 0 Å². The van der Waals surface area contributed by atoms with Gasteiger partial charge in [0.1, 0.15) is 24.9 Å². The molecule has 1 fully saturated rings. The number of aliphatic hydroxyl groups excluding tert-OH is 2. The second-order valence-corrected chi connectivity index (χ2v) is 8.75. The van der Waals surface area contributed by atoms with E-state index in [0.717, 1.165) is 0 Å². The van der Waals surface area contributed by atoms with Crippen molar-refractivity contribution in [1.82, 2.24) is 0 Å². The van der Waals surface area contributed by atoms with Crippen LogP contribution in [0.25, 0.3) is 0 Å². The molecule has 0 aliphatic carbocycles. The van der Waals surface area contributed by atoms with Gasteiger partial charge in [0, 0.05) is 18.4 Å². The van der Waals surface area contributed by atoms with Gasteiger partial charge in [0.15, 0.2) is 0 Å². The quantitative estimate of drug-likeness (QED) is 0.381. The van der Waals surface area contributed by atoms with Crippen molar-refractivity contribution < 1.29 is 43.9 Å². The van der Waals surface area contributed by atoms with Gasteiger partial charge >= 0.3 is 17.9 Å². The van der Waals surface area contributed by atoms with Crippen molar-refractivity contribution in [3.05, 3.63) is 34.4 Å². The van der Waals surface area contributed by atoms with Crippen LogP contribution in [0.3, 0.4) is 0 Å². The number of rotatable bonds is 6. The molecule has 2 rings (SSSR count). The van der Waals surface area contributed by atoms with Crippen LogP contribution in [0.2, 0.25) is 0 Å². The van der Waals surface area contributed by atoms with Crippen LogP contribution in [-0.4, -0.2) is 70.4 Å². The summed E-state index contributed by atoms with van der Waals surface area (Å²) in [6.45, 7) is 2.66. The van der Waals surface area contributed by atoms with Gasteiger partial charge in [-0.1, -0.05) is 35.4 Å². The highest BCUT2D eigenvalue weighted by molar-refractivity contribution is 6.29. The minimum absolute atomic E-state index is 0.168. The largest absolute Gasteiger partial charge is 0.481 e. The molecule has 0 aromatic heterocycles. The Balaban J connectivity index is 2.21. The maximum atomic E-state index is 12.5. The lowest BCUT2D eigenvalue weighted by atomic mass is 10.0. The van der Waals surface area contributed by atoms with Crippen molar-refractivity contribution >= 4 is 29.5 Å². The molecule has 2 heterocycles. The number of hydrogen-bond acceptors (Lipinski definition) is 8. The summed E-state index contributed by atoms with van der Waals surface area (Å²) in [7, 11) is 0. The summed E-state index contributed by atoms with van der Waals surface area (Å²) in [6, 6.07) is 0. The number of ether oxygens (including phenoxy) is 3. The Bertz CT molecular complexity index is 817. The number of allylic oxidation sites excluding steroid dienone is 3. The average molecular weight is 487 g/mol. The van der Waals surface area contributed by atoms with Crippen LogP contribution in [0.5, 0.6) is 0 Å². The fourth-order valence-electron chi connectivity index (χ4n) is 3.77. The van der Waals surface area contributed by atoms with E-state index < -0.39 is 42.3 Å². The standard InChI is InChI=1S/C23H31ClO9/c1-13(9-21(28)29)8-19(27)23-20-10-17(32-23)7-6-16(24)5-3-4-15(12-31-14(2)25)18(26)11-22(30)33-20/h4-5,8,17-20,23,26-27H,3,6-7,9-12H2,1-2H3,(H,28,29)/b13-8+,15-4-,16-5+/t17-,18-,19-,20-,23-/m1/s1. The number of carbonyl (C=O) groups is 3. The van der Waals surface area contributed by atoms with E-state index in [4.69, 9.17) is 30.9 Å². The lowest BCUT2D eigenvalue weighted by Crippen LogP contribution is -2.37. The predicted molar refractivity (Wildman–Crippen MR) is 118 cm³/mol. The van der Waals surface area contributed by atoms with Crippen LogP contribution >= 0.6 is 11.6 Å². The highest BCUT2D eigenvalue weighted by Crippen LogP contribution is 2.31. The monoisotopic (exact) mass is 486 g/mol. The first-order valence-electron chi connectivity index (χ1n) is 10.8. The van der Waals surface area contributed by atoms with E-state index in [2.05, 4.69) is 0 Å². The van der Waals surface area contributed by atoms with E-state index in [9.17, 15) is 24.6 Å². The maximum Gasteiger partial charge on any atom is 0.309 e. The smallest absolute Gasteiger partial charge is 0.309 e. The number of carboxylic acids is 1.